The van der Waals surface area contributed by atoms with Crippen molar-refractivity contribution in [2.75, 3.05) is 13.2 Å². The van der Waals surface area contributed by atoms with Crippen molar-refractivity contribution in [3.8, 4) is 0 Å². The first-order chi connectivity index (χ1) is 10.4. The van der Waals surface area contributed by atoms with Gasteiger partial charge >= 0.3 is 11.9 Å². The maximum Gasteiger partial charge on any atom is 0.313 e. The molecule has 0 aromatic carbocycles. The van der Waals surface area contributed by atoms with Gasteiger partial charge in [-0.3, -0.25) is 19.2 Å². The van der Waals surface area contributed by atoms with E-state index in [4.69, 9.17) is 18.9 Å². The summed E-state index contributed by atoms with van der Waals surface area (Å²) in [6, 6.07) is 0. The summed E-state index contributed by atoms with van der Waals surface area (Å²) in [7, 11) is 0. The monoisotopic (exact) mass is 314 g/mol. The molecule has 2 aliphatic heterocycles. The van der Waals surface area contributed by atoms with Crippen molar-refractivity contribution in [1.82, 2.24) is 0 Å². The molecule has 2 aliphatic rings. The molecule has 0 amide bonds. The van der Waals surface area contributed by atoms with Gasteiger partial charge in [-0.25, -0.2) is 0 Å². The van der Waals surface area contributed by atoms with Crippen LogP contribution >= 0.6 is 0 Å². The summed E-state index contributed by atoms with van der Waals surface area (Å²) in [6.07, 6.45) is -2.94. The summed E-state index contributed by atoms with van der Waals surface area (Å²) in [5.41, 5.74) is 0. The molecule has 122 valence electrons. The Morgan fingerprint density at radius 3 is 1.50 bits per heavy atom. The standard InChI is InChI=1S/C14H18O8/c1-7(15)3-11(17)21-9-5-19-14-10(6-20-13(9)14)22-12(18)4-8(2)16/h9-10,13-14H,3-6H2,1-2H3/t9-,10+,13-,14-/m1/s1. The van der Waals surface area contributed by atoms with E-state index >= 15 is 0 Å². The number of hydrogen-bond donors (Lipinski definition) is 0. The van der Waals surface area contributed by atoms with Crippen LogP contribution in [0.25, 0.3) is 0 Å². The van der Waals surface area contributed by atoms with Gasteiger partial charge in [0.1, 0.15) is 36.6 Å². The fraction of sp³-hybridized carbons (Fsp3) is 0.714. The van der Waals surface area contributed by atoms with Crippen LogP contribution in [0.3, 0.4) is 0 Å². The third kappa shape index (κ3) is 4.11. The maximum absolute atomic E-state index is 11.5. The van der Waals surface area contributed by atoms with E-state index in [-0.39, 0.29) is 37.6 Å². The van der Waals surface area contributed by atoms with Gasteiger partial charge in [0.15, 0.2) is 12.2 Å². The first kappa shape index (κ1) is 16.6. The lowest BCUT2D eigenvalue weighted by Gasteiger charge is -2.17. The van der Waals surface area contributed by atoms with E-state index in [0.29, 0.717) is 0 Å². The van der Waals surface area contributed by atoms with Crippen molar-refractivity contribution < 1.29 is 38.1 Å². The Morgan fingerprint density at radius 2 is 1.18 bits per heavy atom. The van der Waals surface area contributed by atoms with Crippen LogP contribution in [-0.2, 0) is 38.1 Å². The lowest BCUT2D eigenvalue weighted by Crippen LogP contribution is -2.36. The van der Waals surface area contributed by atoms with E-state index in [2.05, 4.69) is 0 Å². The van der Waals surface area contributed by atoms with Crippen LogP contribution in [0.15, 0.2) is 0 Å². The molecule has 2 fully saturated rings. The van der Waals surface area contributed by atoms with Gasteiger partial charge < -0.3 is 18.9 Å². The second-order valence-electron chi connectivity index (χ2n) is 5.41. The molecule has 4 atom stereocenters. The van der Waals surface area contributed by atoms with E-state index in [9.17, 15) is 19.2 Å². The molecule has 0 N–H and O–H groups in total. The Bertz CT molecular complexity index is 441. The van der Waals surface area contributed by atoms with Crippen molar-refractivity contribution >= 4 is 23.5 Å². The molecule has 0 unspecified atom stereocenters. The van der Waals surface area contributed by atoms with Crippen LogP contribution in [0.4, 0.5) is 0 Å². The third-order valence-corrected chi connectivity index (χ3v) is 3.31. The van der Waals surface area contributed by atoms with Crippen molar-refractivity contribution in [1.29, 1.82) is 0 Å². The fourth-order valence-corrected chi connectivity index (χ4v) is 2.46. The summed E-state index contributed by atoms with van der Waals surface area (Å²) >= 11 is 0. The van der Waals surface area contributed by atoms with Gasteiger partial charge in [-0.15, -0.1) is 0 Å². The summed E-state index contributed by atoms with van der Waals surface area (Å²) in [4.78, 5) is 44.7. The summed E-state index contributed by atoms with van der Waals surface area (Å²) in [6.45, 7) is 2.82. The Balaban J connectivity index is 1.86. The van der Waals surface area contributed by atoms with Crippen LogP contribution in [-0.4, -0.2) is 61.1 Å². The highest BCUT2D eigenvalue weighted by molar-refractivity contribution is 5.94. The van der Waals surface area contributed by atoms with Gasteiger partial charge in [0, 0.05) is 0 Å². The Labute approximate surface area is 127 Å². The molecule has 0 bridgehead atoms. The second-order valence-corrected chi connectivity index (χ2v) is 5.41. The van der Waals surface area contributed by atoms with Gasteiger partial charge in [0.2, 0.25) is 0 Å². The molecular formula is C14H18O8. The number of hydrogen-bond acceptors (Lipinski definition) is 8. The van der Waals surface area contributed by atoms with Crippen LogP contribution in [0.5, 0.6) is 0 Å². The number of carbonyl (C=O) groups excluding carboxylic acids is 4. The van der Waals surface area contributed by atoms with E-state index < -0.39 is 36.4 Å². The number of esters is 2. The normalized spacial score (nSPS) is 29.7. The molecule has 0 aromatic rings. The average Bonchev–Trinajstić information content (AvgIpc) is 2.92. The molecule has 0 radical (unpaired) electrons. The number of Topliss-reactive ketones (excluding diaryl/α,β-unsaturated/α-hetero) is 2. The Morgan fingerprint density at radius 1 is 0.818 bits per heavy atom. The Hall–Kier alpha value is -1.80. The zero-order chi connectivity index (χ0) is 16.3. The SMILES string of the molecule is CC(=O)CC(=O)O[C@H]1CO[C@H]2[C@@H]1OC[C@H]2OC(=O)CC(C)=O. The number of carbonyl (C=O) groups is 4. The van der Waals surface area contributed by atoms with Gasteiger partial charge in [-0.1, -0.05) is 0 Å². The molecule has 0 saturated carbocycles. The first-order valence-corrected chi connectivity index (χ1v) is 6.98. The third-order valence-electron chi connectivity index (χ3n) is 3.31. The van der Waals surface area contributed by atoms with Gasteiger partial charge in [-0.05, 0) is 13.8 Å². The quantitative estimate of drug-likeness (QED) is 0.480. The van der Waals surface area contributed by atoms with E-state index in [1.54, 1.807) is 0 Å². The van der Waals surface area contributed by atoms with Crippen molar-refractivity contribution in [2.24, 2.45) is 0 Å². The molecule has 0 aromatic heterocycles. The minimum absolute atomic E-state index is 0.111. The highest BCUT2D eigenvalue weighted by Gasteiger charge is 2.51. The van der Waals surface area contributed by atoms with Gasteiger partial charge in [-0.2, -0.15) is 0 Å². The molecule has 22 heavy (non-hydrogen) atoms. The number of ether oxygens (including phenoxy) is 4. The second kappa shape index (κ2) is 6.97. The molecule has 0 aliphatic carbocycles. The van der Waals surface area contributed by atoms with Crippen LogP contribution in [0.2, 0.25) is 0 Å². The van der Waals surface area contributed by atoms with E-state index in [1.165, 1.54) is 13.8 Å². The minimum Gasteiger partial charge on any atom is -0.457 e. The van der Waals surface area contributed by atoms with Crippen LogP contribution < -0.4 is 0 Å². The number of ketones is 2. The smallest absolute Gasteiger partial charge is 0.313 e. The van der Waals surface area contributed by atoms with Crippen molar-refractivity contribution in [3.05, 3.63) is 0 Å². The average molecular weight is 314 g/mol. The fourth-order valence-electron chi connectivity index (χ4n) is 2.46. The molecule has 8 heteroatoms. The van der Waals surface area contributed by atoms with E-state index in [1.807, 2.05) is 0 Å². The minimum atomic E-state index is -0.637. The van der Waals surface area contributed by atoms with Crippen LogP contribution in [0.1, 0.15) is 26.7 Å². The summed E-state index contributed by atoms with van der Waals surface area (Å²) in [5.74, 6) is -1.85. The predicted octanol–water partition coefficient (Wildman–Crippen LogP) is -0.434. The van der Waals surface area contributed by atoms with Crippen molar-refractivity contribution in [2.45, 2.75) is 51.1 Å². The highest BCUT2D eigenvalue weighted by Crippen LogP contribution is 2.30. The maximum atomic E-state index is 11.5. The lowest BCUT2D eigenvalue weighted by atomic mass is 10.1. The van der Waals surface area contributed by atoms with Gasteiger partial charge in [0.25, 0.3) is 0 Å². The topological polar surface area (TPSA) is 105 Å². The molecule has 2 saturated heterocycles. The van der Waals surface area contributed by atoms with Gasteiger partial charge in [0.05, 0.1) is 13.2 Å². The largest absolute Gasteiger partial charge is 0.457 e. The predicted molar refractivity (Wildman–Crippen MR) is 69.8 cm³/mol. The zero-order valence-corrected chi connectivity index (χ0v) is 12.4. The van der Waals surface area contributed by atoms with Crippen LogP contribution in [0, 0.1) is 0 Å². The zero-order valence-electron chi connectivity index (χ0n) is 12.4. The first-order valence-electron chi connectivity index (χ1n) is 6.98. The number of rotatable bonds is 6. The highest BCUT2D eigenvalue weighted by atomic mass is 16.7. The summed E-state index contributed by atoms with van der Waals surface area (Å²) in [5, 5.41) is 0. The summed E-state index contributed by atoms with van der Waals surface area (Å²) < 4.78 is 21.2. The Kier molecular flexibility index (Phi) is 5.25. The molecule has 2 rings (SSSR count). The lowest BCUT2D eigenvalue weighted by molar-refractivity contribution is -0.156. The number of fused-ring (bicyclic) bond motifs is 1. The molecular weight excluding hydrogens is 296 g/mol. The van der Waals surface area contributed by atoms with E-state index in [0.717, 1.165) is 0 Å². The van der Waals surface area contributed by atoms with Crippen molar-refractivity contribution in [3.63, 3.8) is 0 Å². The molecule has 0 spiro atoms. The molecule has 8 nitrogen and oxygen atoms in total. The molecule has 2 heterocycles.